The van der Waals surface area contributed by atoms with E-state index in [1.807, 2.05) is 31.2 Å². The minimum atomic E-state index is -0.0601. The number of halogens is 1. The van der Waals surface area contributed by atoms with E-state index in [1.54, 1.807) is 0 Å². The molecule has 0 aromatic heterocycles. The molecule has 4 nitrogen and oxygen atoms in total. The van der Waals surface area contributed by atoms with Crippen molar-refractivity contribution in [1.82, 2.24) is 4.90 Å². The van der Waals surface area contributed by atoms with Gasteiger partial charge in [0, 0.05) is 17.6 Å². The summed E-state index contributed by atoms with van der Waals surface area (Å²) >= 11 is 3.43. The number of benzene rings is 1. The number of hydrogen-bond donors (Lipinski definition) is 0. The highest BCUT2D eigenvalue weighted by Crippen LogP contribution is 2.19. The minimum absolute atomic E-state index is 0.0181. The molecule has 0 saturated carbocycles. The molecule has 21 heavy (non-hydrogen) atoms. The van der Waals surface area contributed by atoms with E-state index in [0.717, 1.165) is 42.7 Å². The lowest BCUT2D eigenvalue weighted by molar-refractivity contribution is -0.150. The maximum Gasteiger partial charge on any atom is 0.310 e. The molecule has 0 radical (unpaired) electrons. The molecule has 1 aliphatic heterocycles. The van der Waals surface area contributed by atoms with Crippen molar-refractivity contribution in [1.29, 1.82) is 0 Å². The standard InChI is InChI=1S/C16H22BrNO3/c1-2-20-16(19)13-5-4-8-18(12-13)9-10-21-15-7-3-6-14(17)11-15/h3,6-7,11,13H,2,4-5,8-10,12H2,1H3/t13-/m1/s1. The van der Waals surface area contributed by atoms with E-state index in [1.165, 1.54) is 0 Å². The Morgan fingerprint density at radius 1 is 1.48 bits per heavy atom. The van der Waals surface area contributed by atoms with Crippen LogP contribution in [0.5, 0.6) is 5.75 Å². The van der Waals surface area contributed by atoms with Crippen molar-refractivity contribution in [2.45, 2.75) is 19.8 Å². The van der Waals surface area contributed by atoms with Crippen LogP contribution < -0.4 is 4.74 Å². The van der Waals surface area contributed by atoms with Gasteiger partial charge in [0.25, 0.3) is 0 Å². The maximum atomic E-state index is 11.8. The summed E-state index contributed by atoms with van der Waals surface area (Å²) in [5, 5.41) is 0. The van der Waals surface area contributed by atoms with Gasteiger partial charge in [0.2, 0.25) is 0 Å². The van der Waals surface area contributed by atoms with Crippen molar-refractivity contribution in [2.24, 2.45) is 5.92 Å². The molecule has 1 fully saturated rings. The van der Waals surface area contributed by atoms with Gasteiger partial charge in [0.1, 0.15) is 12.4 Å². The van der Waals surface area contributed by atoms with E-state index in [4.69, 9.17) is 9.47 Å². The van der Waals surface area contributed by atoms with Crippen molar-refractivity contribution in [3.63, 3.8) is 0 Å². The molecule has 1 aromatic carbocycles. The lowest BCUT2D eigenvalue weighted by atomic mass is 9.98. The van der Waals surface area contributed by atoms with Crippen LogP contribution in [-0.2, 0) is 9.53 Å². The third-order valence-corrected chi connectivity index (χ3v) is 4.09. The first-order valence-electron chi connectivity index (χ1n) is 7.46. The van der Waals surface area contributed by atoms with Gasteiger partial charge < -0.3 is 9.47 Å². The second-order valence-corrected chi connectivity index (χ2v) is 6.11. The average Bonchev–Trinajstić information content (AvgIpc) is 2.48. The van der Waals surface area contributed by atoms with Crippen molar-refractivity contribution in [2.75, 3.05) is 32.8 Å². The Bertz CT molecular complexity index is 467. The summed E-state index contributed by atoms with van der Waals surface area (Å²) in [6.07, 6.45) is 1.97. The quantitative estimate of drug-likeness (QED) is 0.735. The fraction of sp³-hybridized carbons (Fsp3) is 0.562. The van der Waals surface area contributed by atoms with Gasteiger partial charge >= 0.3 is 5.97 Å². The molecule has 0 bridgehead atoms. The topological polar surface area (TPSA) is 38.8 Å². The number of esters is 1. The van der Waals surface area contributed by atoms with Crippen molar-refractivity contribution >= 4 is 21.9 Å². The highest BCUT2D eigenvalue weighted by Gasteiger charge is 2.26. The Labute approximate surface area is 134 Å². The van der Waals surface area contributed by atoms with Crippen molar-refractivity contribution in [3.8, 4) is 5.75 Å². The molecule has 1 atom stereocenters. The second kappa shape index (κ2) is 8.39. The smallest absolute Gasteiger partial charge is 0.310 e. The van der Waals surface area contributed by atoms with E-state index in [2.05, 4.69) is 20.8 Å². The van der Waals surface area contributed by atoms with Gasteiger partial charge in [-0.3, -0.25) is 9.69 Å². The molecule has 0 amide bonds. The number of piperidine rings is 1. The van der Waals surface area contributed by atoms with Gasteiger partial charge in [-0.2, -0.15) is 0 Å². The van der Waals surface area contributed by atoms with Gasteiger partial charge in [-0.25, -0.2) is 0 Å². The zero-order valence-electron chi connectivity index (χ0n) is 12.4. The van der Waals surface area contributed by atoms with Gasteiger partial charge in [-0.1, -0.05) is 22.0 Å². The van der Waals surface area contributed by atoms with Crippen molar-refractivity contribution < 1.29 is 14.3 Å². The van der Waals surface area contributed by atoms with Gasteiger partial charge in [-0.05, 0) is 44.5 Å². The van der Waals surface area contributed by atoms with Gasteiger partial charge in [0.05, 0.1) is 12.5 Å². The molecule has 2 rings (SSSR count). The molecule has 1 saturated heterocycles. The zero-order valence-corrected chi connectivity index (χ0v) is 14.0. The molecule has 5 heteroatoms. The summed E-state index contributed by atoms with van der Waals surface area (Å²) in [5.41, 5.74) is 0. The molecule has 1 aliphatic rings. The lowest BCUT2D eigenvalue weighted by Crippen LogP contribution is -2.41. The summed E-state index contributed by atoms with van der Waals surface area (Å²) in [7, 11) is 0. The van der Waals surface area contributed by atoms with Crippen LogP contribution >= 0.6 is 15.9 Å². The third kappa shape index (κ3) is 5.32. The normalized spacial score (nSPS) is 19.2. The first-order valence-corrected chi connectivity index (χ1v) is 8.25. The minimum Gasteiger partial charge on any atom is -0.492 e. The molecule has 0 aliphatic carbocycles. The molecule has 0 unspecified atom stereocenters. The highest BCUT2D eigenvalue weighted by molar-refractivity contribution is 9.10. The third-order valence-electron chi connectivity index (χ3n) is 3.60. The lowest BCUT2D eigenvalue weighted by Gasteiger charge is -2.31. The Kier molecular flexibility index (Phi) is 6.51. The van der Waals surface area contributed by atoms with E-state index in [9.17, 15) is 4.79 Å². The summed E-state index contributed by atoms with van der Waals surface area (Å²) < 4.78 is 11.9. The molecular weight excluding hydrogens is 334 g/mol. The number of likely N-dealkylation sites (tertiary alicyclic amines) is 1. The number of carbonyl (C=O) groups excluding carboxylic acids is 1. The number of carbonyl (C=O) groups is 1. The highest BCUT2D eigenvalue weighted by atomic mass is 79.9. The number of rotatable bonds is 6. The van der Waals surface area contributed by atoms with Crippen LogP contribution in [0.4, 0.5) is 0 Å². The largest absolute Gasteiger partial charge is 0.492 e. The number of nitrogens with zero attached hydrogens (tertiary/aromatic N) is 1. The first kappa shape index (κ1) is 16.3. The molecule has 1 heterocycles. The average molecular weight is 356 g/mol. The van der Waals surface area contributed by atoms with E-state index >= 15 is 0 Å². The van der Waals surface area contributed by atoms with Crippen LogP contribution in [0.1, 0.15) is 19.8 Å². The predicted octanol–water partition coefficient (Wildman–Crippen LogP) is 3.10. The van der Waals surface area contributed by atoms with E-state index in [0.29, 0.717) is 13.2 Å². The van der Waals surface area contributed by atoms with Crippen LogP contribution in [0, 0.1) is 5.92 Å². The van der Waals surface area contributed by atoms with Crippen LogP contribution in [-0.4, -0.2) is 43.7 Å². The summed E-state index contributed by atoms with van der Waals surface area (Å²) in [5.74, 6) is 0.822. The van der Waals surface area contributed by atoms with Crippen LogP contribution in [0.2, 0.25) is 0 Å². The van der Waals surface area contributed by atoms with Gasteiger partial charge in [-0.15, -0.1) is 0 Å². The fourth-order valence-electron chi connectivity index (χ4n) is 2.56. The maximum absolute atomic E-state index is 11.8. The van der Waals surface area contributed by atoms with Gasteiger partial charge in [0.15, 0.2) is 0 Å². The van der Waals surface area contributed by atoms with E-state index < -0.39 is 0 Å². The molecule has 0 N–H and O–H groups in total. The first-order chi connectivity index (χ1) is 10.2. The summed E-state index contributed by atoms with van der Waals surface area (Å²) in [4.78, 5) is 14.1. The molecule has 1 aromatic rings. The van der Waals surface area contributed by atoms with Crippen LogP contribution in [0.15, 0.2) is 28.7 Å². The predicted molar refractivity (Wildman–Crippen MR) is 85.4 cm³/mol. The van der Waals surface area contributed by atoms with Crippen molar-refractivity contribution in [3.05, 3.63) is 28.7 Å². The van der Waals surface area contributed by atoms with E-state index in [-0.39, 0.29) is 11.9 Å². The summed E-state index contributed by atoms with van der Waals surface area (Å²) in [6.45, 7) is 5.58. The van der Waals surface area contributed by atoms with Crippen LogP contribution in [0.3, 0.4) is 0 Å². The number of hydrogen-bond acceptors (Lipinski definition) is 4. The Hall–Kier alpha value is -1.07. The Balaban J connectivity index is 1.74. The Morgan fingerprint density at radius 2 is 2.33 bits per heavy atom. The second-order valence-electron chi connectivity index (χ2n) is 5.20. The zero-order chi connectivity index (χ0) is 15.1. The summed E-state index contributed by atoms with van der Waals surface area (Å²) in [6, 6.07) is 7.83. The fourth-order valence-corrected chi connectivity index (χ4v) is 2.94. The SMILES string of the molecule is CCOC(=O)[C@@H]1CCCN(CCOc2cccc(Br)c2)C1. The molecule has 0 spiro atoms. The molecule has 116 valence electrons. The Morgan fingerprint density at radius 3 is 3.10 bits per heavy atom. The van der Waals surface area contributed by atoms with Crippen LogP contribution in [0.25, 0.3) is 0 Å². The molecular formula is C16H22BrNO3. The monoisotopic (exact) mass is 355 g/mol. The number of ether oxygens (including phenoxy) is 2.